The molecule has 8 nitrogen and oxygen atoms in total. The molecule has 8 heteroatoms. The van der Waals surface area contributed by atoms with E-state index < -0.39 is 36.9 Å². The van der Waals surface area contributed by atoms with Gasteiger partial charge in [-0.3, -0.25) is 9.59 Å². The van der Waals surface area contributed by atoms with Gasteiger partial charge in [0.1, 0.15) is 11.8 Å². The fraction of sp³-hybridized carbons (Fsp3) is 0.531. The van der Waals surface area contributed by atoms with Gasteiger partial charge >= 0.3 is 11.9 Å². The molecule has 0 radical (unpaired) electrons. The SMILES string of the molecule is CCC(CC)(c1ccc(CC[C@@H](O)C(C)(C)C)c(C)c1)c1ccc(OCC(=O)NC(CC(=O)O)C(=O)O)c(C)c1. The lowest BCUT2D eigenvalue weighted by Gasteiger charge is -2.34. The van der Waals surface area contributed by atoms with E-state index in [9.17, 15) is 19.5 Å². The summed E-state index contributed by atoms with van der Waals surface area (Å²) >= 11 is 0. The maximum Gasteiger partial charge on any atom is 0.326 e. The van der Waals surface area contributed by atoms with Crippen molar-refractivity contribution in [3.63, 3.8) is 0 Å². The Balaban J connectivity index is 2.22. The van der Waals surface area contributed by atoms with E-state index in [0.717, 1.165) is 30.4 Å². The molecule has 1 amide bonds. The molecule has 220 valence electrons. The van der Waals surface area contributed by atoms with Gasteiger partial charge in [-0.15, -0.1) is 0 Å². The van der Waals surface area contributed by atoms with Gasteiger partial charge in [-0.2, -0.15) is 0 Å². The predicted octanol–water partition coefficient (Wildman–Crippen LogP) is 5.17. The van der Waals surface area contributed by atoms with E-state index in [-0.39, 0.29) is 16.9 Å². The second kappa shape index (κ2) is 13.8. The highest BCUT2D eigenvalue weighted by atomic mass is 16.5. The van der Waals surface area contributed by atoms with Gasteiger partial charge in [0.15, 0.2) is 6.61 Å². The van der Waals surface area contributed by atoms with E-state index in [0.29, 0.717) is 12.2 Å². The average Bonchev–Trinajstić information content (AvgIpc) is 2.87. The zero-order valence-electron chi connectivity index (χ0n) is 24.8. The first-order chi connectivity index (χ1) is 18.6. The number of hydrogen-bond acceptors (Lipinski definition) is 5. The van der Waals surface area contributed by atoms with E-state index in [1.54, 1.807) is 0 Å². The van der Waals surface area contributed by atoms with Crippen LogP contribution in [0.1, 0.15) is 88.1 Å². The Hall–Kier alpha value is -3.39. The lowest BCUT2D eigenvalue weighted by Crippen LogP contribution is -2.44. The smallest absolute Gasteiger partial charge is 0.326 e. The Bertz CT molecular complexity index is 1190. The lowest BCUT2D eigenvalue weighted by molar-refractivity contribution is -0.147. The minimum absolute atomic E-state index is 0.147. The maximum absolute atomic E-state index is 12.2. The second-order valence-corrected chi connectivity index (χ2v) is 11.7. The van der Waals surface area contributed by atoms with Gasteiger partial charge in [0.2, 0.25) is 0 Å². The molecule has 0 aromatic heterocycles. The standard InChI is InChI=1S/C32H45NO7/c1-8-32(9-2,23-12-10-22(20(3)16-23)11-15-27(34)31(5,6)7)24-13-14-26(21(4)17-24)40-19-28(35)33-25(30(38)39)18-29(36)37/h10,12-14,16-17,25,27,34H,8-9,11,15,18-19H2,1-7H3,(H,33,35)(H,36,37)(H,38,39)/t25?,27-/m1/s1. The van der Waals surface area contributed by atoms with Gasteiger partial charge < -0.3 is 25.4 Å². The Morgan fingerprint density at radius 2 is 1.50 bits per heavy atom. The molecule has 2 rings (SSSR count). The van der Waals surface area contributed by atoms with Crippen LogP contribution in [0, 0.1) is 19.3 Å². The van der Waals surface area contributed by atoms with Gasteiger partial charge in [-0.25, -0.2) is 4.79 Å². The summed E-state index contributed by atoms with van der Waals surface area (Å²) in [5, 5.41) is 30.6. The Morgan fingerprint density at radius 1 is 0.925 bits per heavy atom. The summed E-state index contributed by atoms with van der Waals surface area (Å²) in [6.07, 6.45) is 2.21. The minimum atomic E-state index is -1.52. The highest BCUT2D eigenvalue weighted by molar-refractivity contribution is 5.87. The molecule has 2 aromatic rings. The molecule has 2 aromatic carbocycles. The Morgan fingerprint density at radius 3 is 1.98 bits per heavy atom. The van der Waals surface area contributed by atoms with Crippen LogP contribution in [-0.2, 0) is 26.2 Å². The summed E-state index contributed by atoms with van der Waals surface area (Å²) in [5.41, 5.74) is 5.26. The number of ether oxygens (including phenoxy) is 1. The number of amides is 1. The first-order valence-electron chi connectivity index (χ1n) is 13.9. The molecule has 0 aliphatic rings. The van der Waals surface area contributed by atoms with Crippen LogP contribution in [0.4, 0.5) is 0 Å². The summed E-state index contributed by atoms with van der Waals surface area (Å²) in [7, 11) is 0. The Labute approximate surface area is 237 Å². The maximum atomic E-state index is 12.2. The number of aliphatic carboxylic acids is 2. The summed E-state index contributed by atoms with van der Waals surface area (Å²) in [4.78, 5) is 34.3. The topological polar surface area (TPSA) is 133 Å². The second-order valence-electron chi connectivity index (χ2n) is 11.7. The van der Waals surface area contributed by atoms with Crippen molar-refractivity contribution >= 4 is 17.8 Å². The van der Waals surface area contributed by atoms with Crippen LogP contribution in [0.2, 0.25) is 0 Å². The number of benzene rings is 2. The number of carbonyl (C=O) groups excluding carboxylic acids is 1. The molecule has 0 aliphatic carbocycles. The van der Waals surface area contributed by atoms with Crippen molar-refractivity contribution in [2.24, 2.45) is 5.41 Å². The zero-order valence-corrected chi connectivity index (χ0v) is 24.8. The van der Waals surface area contributed by atoms with Crippen LogP contribution >= 0.6 is 0 Å². The molecule has 0 bridgehead atoms. The third-order valence-corrected chi connectivity index (χ3v) is 7.89. The van der Waals surface area contributed by atoms with E-state index in [4.69, 9.17) is 14.9 Å². The van der Waals surface area contributed by atoms with Crippen molar-refractivity contribution in [2.75, 3.05) is 6.61 Å². The number of nitrogens with one attached hydrogen (secondary N) is 1. The summed E-state index contributed by atoms with van der Waals surface area (Å²) in [6.45, 7) is 14.1. The first-order valence-corrected chi connectivity index (χ1v) is 13.9. The quantitative estimate of drug-likeness (QED) is 0.253. The van der Waals surface area contributed by atoms with Crippen LogP contribution in [0.25, 0.3) is 0 Å². The molecule has 2 atom stereocenters. The summed E-state index contributed by atoms with van der Waals surface area (Å²) in [5.74, 6) is -2.95. The van der Waals surface area contributed by atoms with Crippen molar-refractivity contribution in [2.45, 2.75) is 98.1 Å². The average molecular weight is 556 g/mol. The monoisotopic (exact) mass is 555 g/mol. The van der Waals surface area contributed by atoms with E-state index in [1.807, 2.05) is 19.1 Å². The van der Waals surface area contributed by atoms with E-state index in [2.05, 4.69) is 71.1 Å². The van der Waals surface area contributed by atoms with Crippen molar-refractivity contribution in [3.05, 3.63) is 64.2 Å². The largest absolute Gasteiger partial charge is 0.484 e. The molecular formula is C32H45NO7. The molecule has 40 heavy (non-hydrogen) atoms. The third kappa shape index (κ3) is 8.31. The third-order valence-electron chi connectivity index (χ3n) is 7.89. The number of rotatable bonds is 14. The van der Waals surface area contributed by atoms with Gasteiger partial charge in [-0.05, 0) is 78.8 Å². The predicted molar refractivity (Wildman–Crippen MR) is 155 cm³/mol. The van der Waals surface area contributed by atoms with Crippen LogP contribution in [0.15, 0.2) is 36.4 Å². The molecule has 0 saturated heterocycles. The Kier molecular flexibility index (Phi) is 11.3. The van der Waals surface area contributed by atoms with E-state index >= 15 is 0 Å². The molecule has 0 aliphatic heterocycles. The number of carboxylic acid groups (broad SMARTS) is 2. The molecule has 1 unspecified atom stereocenters. The normalized spacial score (nSPS) is 13.4. The molecule has 0 saturated carbocycles. The van der Waals surface area contributed by atoms with Crippen LogP contribution < -0.4 is 10.1 Å². The van der Waals surface area contributed by atoms with Crippen LogP contribution in [-0.4, -0.2) is 51.9 Å². The van der Waals surface area contributed by atoms with Crippen LogP contribution in [0.5, 0.6) is 5.75 Å². The van der Waals surface area contributed by atoms with E-state index in [1.165, 1.54) is 16.7 Å². The zero-order chi connectivity index (χ0) is 30.3. The van der Waals surface area contributed by atoms with Gasteiger partial charge in [-0.1, -0.05) is 65.0 Å². The van der Waals surface area contributed by atoms with Crippen molar-refractivity contribution in [1.82, 2.24) is 5.32 Å². The number of aryl methyl sites for hydroxylation is 3. The summed E-state index contributed by atoms with van der Waals surface area (Å²) < 4.78 is 5.66. The first kappa shape index (κ1) is 32.8. The molecule has 0 fully saturated rings. The molecule has 0 heterocycles. The highest BCUT2D eigenvalue weighted by Gasteiger charge is 2.32. The fourth-order valence-corrected chi connectivity index (χ4v) is 5.10. The highest BCUT2D eigenvalue weighted by Crippen LogP contribution is 2.41. The van der Waals surface area contributed by atoms with Crippen LogP contribution in [0.3, 0.4) is 0 Å². The van der Waals surface area contributed by atoms with Gasteiger partial charge in [0, 0.05) is 5.41 Å². The number of carboxylic acids is 2. The van der Waals surface area contributed by atoms with Gasteiger partial charge in [0.25, 0.3) is 5.91 Å². The molecule has 4 N–H and O–H groups in total. The molecule has 0 spiro atoms. The summed E-state index contributed by atoms with van der Waals surface area (Å²) in [6, 6.07) is 11.0. The number of carbonyl (C=O) groups is 3. The lowest BCUT2D eigenvalue weighted by atomic mass is 9.69. The van der Waals surface area contributed by atoms with Gasteiger partial charge in [0.05, 0.1) is 12.5 Å². The van der Waals surface area contributed by atoms with Crippen molar-refractivity contribution in [1.29, 1.82) is 0 Å². The van der Waals surface area contributed by atoms with Crippen molar-refractivity contribution in [3.8, 4) is 5.75 Å². The number of hydrogen-bond donors (Lipinski definition) is 4. The van der Waals surface area contributed by atoms with Crippen molar-refractivity contribution < 1.29 is 34.4 Å². The fourth-order valence-electron chi connectivity index (χ4n) is 5.10. The molecular weight excluding hydrogens is 510 g/mol. The minimum Gasteiger partial charge on any atom is -0.484 e. The number of aliphatic hydroxyl groups is 1. The number of aliphatic hydroxyl groups excluding tert-OH is 1.